The van der Waals surface area contributed by atoms with Crippen LogP contribution in [0.4, 0.5) is 0 Å². The van der Waals surface area contributed by atoms with Crippen molar-refractivity contribution in [3.8, 4) is 0 Å². The molecule has 1 saturated heterocycles. The highest BCUT2D eigenvalue weighted by Gasteiger charge is 2.36. The average Bonchev–Trinajstić information content (AvgIpc) is 2.07. The Balaban J connectivity index is 2.57. The minimum Gasteiger partial charge on any atom is -0.383 e. The van der Waals surface area contributed by atoms with Gasteiger partial charge >= 0.3 is 0 Å². The summed E-state index contributed by atoms with van der Waals surface area (Å²) >= 11 is 0. The third kappa shape index (κ3) is 2.94. The van der Waals surface area contributed by atoms with Crippen molar-refractivity contribution in [3.05, 3.63) is 0 Å². The molecule has 14 heavy (non-hydrogen) atoms. The van der Waals surface area contributed by atoms with E-state index in [4.69, 9.17) is 4.74 Å². The summed E-state index contributed by atoms with van der Waals surface area (Å²) in [6.45, 7) is 13.0. The standard InChI is InChI=1S/C11H24N2O/c1-10(2)9-13(6-7-14-5)11(3,4)8-12-10/h12H,6-9H2,1-5H3. The summed E-state index contributed by atoms with van der Waals surface area (Å²) in [5, 5.41) is 3.57. The second kappa shape index (κ2) is 4.17. The van der Waals surface area contributed by atoms with Crippen LogP contribution in [0.5, 0.6) is 0 Å². The topological polar surface area (TPSA) is 24.5 Å². The Morgan fingerprint density at radius 3 is 2.50 bits per heavy atom. The molecule has 1 fully saturated rings. The molecule has 0 aromatic heterocycles. The molecule has 0 bridgehead atoms. The zero-order valence-corrected chi connectivity index (χ0v) is 10.2. The minimum atomic E-state index is 0.225. The fraction of sp³-hybridized carbons (Fsp3) is 1.00. The van der Waals surface area contributed by atoms with Gasteiger partial charge in [-0.2, -0.15) is 0 Å². The van der Waals surface area contributed by atoms with E-state index in [0.717, 1.165) is 26.2 Å². The van der Waals surface area contributed by atoms with E-state index < -0.39 is 0 Å². The Hall–Kier alpha value is -0.120. The van der Waals surface area contributed by atoms with Crippen LogP contribution in [-0.2, 0) is 4.74 Å². The van der Waals surface area contributed by atoms with Crippen molar-refractivity contribution in [2.45, 2.75) is 38.8 Å². The van der Waals surface area contributed by atoms with Crippen LogP contribution in [-0.4, -0.2) is 49.3 Å². The Bertz CT molecular complexity index is 190. The van der Waals surface area contributed by atoms with Crippen molar-refractivity contribution < 1.29 is 4.74 Å². The second-order valence-corrected chi connectivity index (χ2v) is 5.46. The van der Waals surface area contributed by atoms with Gasteiger partial charge in [-0.15, -0.1) is 0 Å². The number of nitrogens with zero attached hydrogens (tertiary/aromatic N) is 1. The number of methoxy groups -OCH3 is 1. The zero-order valence-electron chi connectivity index (χ0n) is 10.2. The van der Waals surface area contributed by atoms with Gasteiger partial charge in [-0.05, 0) is 27.7 Å². The summed E-state index contributed by atoms with van der Waals surface area (Å²) < 4.78 is 5.14. The van der Waals surface area contributed by atoms with Crippen molar-refractivity contribution in [2.75, 3.05) is 33.4 Å². The van der Waals surface area contributed by atoms with E-state index in [9.17, 15) is 0 Å². The number of hydrogen-bond acceptors (Lipinski definition) is 3. The van der Waals surface area contributed by atoms with Crippen molar-refractivity contribution >= 4 is 0 Å². The van der Waals surface area contributed by atoms with Crippen LogP contribution < -0.4 is 5.32 Å². The zero-order chi connectivity index (χ0) is 10.8. The number of rotatable bonds is 3. The van der Waals surface area contributed by atoms with E-state index in [2.05, 4.69) is 37.9 Å². The van der Waals surface area contributed by atoms with E-state index in [0.29, 0.717) is 0 Å². The molecule has 0 radical (unpaired) electrons. The Morgan fingerprint density at radius 1 is 1.29 bits per heavy atom. The summed E-state index contributed by atoms with van der Waals surface area (Å²) in [7, 11) is 1.76. The maximum absolute atomic E-state index is 5.14. The first-order valence-corrected chi connectivity index (χ1v) is 5.36. The first-order chi connectivity index (χ1) is 6.37. The van der Waals surface area contributed by atoms with Crippen LogP contribution in [0.2, 0.25) is 0 Å². The van der Waals surface area contributed by atoms with Crippen molar-refractivity contribution in [2.24, 2.45) is 0 Å². The van der Waals surface area contributed by atoms with Gasteiger partial charge in [-0.1, -0.05) is 0 Å². The van der Waals surface area contributed by atoms with Gasteiger partial charge in [0.2, 0.25) is 0 Å². The Morgan fingerprint density at radius 2 is 1.93 bits per heavy atom. The Kier molecular flexibility index (Phi) is 3.56. The van der Waals surface area contributed by atoms with Gasteiger partial charge in [-0.25, -0.2) is 0 Å². The predicted octanol–water partition coefficient (Wildman–Crippen LogP) is 1.10. The lowest BCUT2D eigenvalue weighted by Crippen LogP contribution is -2.66. The third-order valence-electron chi connectivity index (χ3n) is 3.01. The maximum atomic E-state index is 5.14. The highest BCUT2D eigenvalue weighted by atomic mass is 16.5. The van der Waals surface area contributed by atoms with Crippen molar-refractivity contribution in [3.63, 3.8) is 0 Å². The lowest BCUT2D eigenvalue weighted by Gasteiger charge is -2.49. The molecule has 3 heteroatoms. The minimum absolute atomic E-state index is 0.225. The van der Waals surface area contributed by atoms with E-state index in [1.54, 1.807) is 7.11 Å². The van der Waals surface area contributed by atoms with Gasteiger partial charge < -0.3 is 10.1 Å². The molecule has 1 aliphatic rings. The van der Waals surface area contributed by atoms with E-state index in [1.807, 2.05) is 0 Å². The summed E-state index contributed by atoms with van der Waals surface area (Å²) in [5.74, 6) is 0. The van der Waals surface area contributed by atoms with Crippen molar-refractivity contribution in [1.29, 1.82) is 0 Å². The molecule has 0 amide bonds. The number of nitrogens with one attached hydrogen (secondary N) is 1. The average molecular weight is 200 g/mol. The molecule has 0 atom stereocenters. The molecule has 1 rings (SSSR count). The largest absolute Gasteiger partial charge is 0.383 e. The van der Waals surface area contributed by atoms with Gasteiger partial charge in [0.25, 0.3) is 0 Å². The van der Waals surface area contributed by atoms with Crippen LogP contribution in [0.25, 0.3) is 0 Å². The first kappa shape index (κ1) is 12.0. The lowest BCUT2D eigenvalue weighted by atomic mass is 9.91. The number of hydrogen-bond donors (Lipinski definition) is 1. The van der Waals surface area contributed by atoms with Crippen molar-refractivity contribution in [1.82, 2.24) is 10.2 Å². The molecule has 1 aliphatic heterocycles. The van der Waals surface area contributed by atoms with Crippen LogP contribution in [0.15, 0.2) is 0 Å². The SMILES string of the molecule is COCCN1CC(C)(C)NCC1(C)C. The molecular formula is C11H24N2O. The highest BCUT2D eigenvalue weighted by Crippen LogP contribution is 2.22. The third-order valence-corrected chi connectivity index (χ3v) is 3.01. The van der Waals surface area contributed by atoms with E-state index >= 15 is 0 Å². The van der Waals surface area contributed by atoms with Gasteiger partial charge in [0.05, 0.1) is 6.61 Å². The fourth-order valence-corrected chi connectivity index (χ4v) is 1.90. The second-order valence-electron chi connectivity index (χ2n) is 5.46. The van der Waals surface area contributed by atoms with Gasteiger partial charge in [0.1, 0.15) is 0 Å². The normalized spacial score (nSPS) is 26.4. The molecule has 0 aromatic rings. The fourth-order valence-electron chi connectivity index (χ4n) is 1.90. The summed E-state index contributed by atoms with van der Waals surface area (Å²) in [5.41, 5.74) is 0.470. The van der Waals surface area contributed by atoms with Gasteiger partial charge in [-0.3, -0.25) is 4.90 Å². The molecule has 0 aliphatic carbocycles. The predicted molar refractivity (Wildman–Crippen MR) is 59.6 cm³/mol. The van der Waals surface area contributed by atoms with E-state index in [1.165, 1.54) is 0 Å². The van der Waals surface area contributed by atoms with E-state index in [-0.39, 0.29) is 11.1 Å². The van der Waals surface area contributed by atoms with Crippen LogP contribution >= 0.6 is 0 Å². The Labute approximate surface area is 87.8 Å². The summed E-state index contributed by atoms with van der Waals surface area (Å²) in [6.07, 6.45) is 0. The molecule has 0 saturated carbocycles. The van der Waals surface area contributed by atoms with Crippen LogP contribution in [0.1, 0.15) is 27.7 Å². The molecule has 1 N–H and O–H groups in total. The van der Waals surface area contributed by atoms with Gasteiger partial charge in [0.15, 0.2) is 0 Å². The first-order valence-electron chi connectivity index (χ1n) is 5.36. The molecule has 0 aromatic carbocycles. The molecular weight excluding hydrogens is 176 g/mol. The number of piperazine rings is 1. The molecule has 0 unspecified atom stereocenters. The van der Waals surface area contributed by atoms with Crippen LogP contribution in [0, 0.1) is 0 Å². The smallest absolute Gasteiger partial charge is 0.0589 e. The molecule has 0 spiro atoms. The summed E-state index contributed by atoms with van der Waals surface area (Å²) in [4.78, 5) is 2.51. The quantitative estimate of drug-likeness (QED) is 0.738. The number of ether oxygens (including phenoxy) is 1. The highest BCUT2D eigenvalue weighted by molar-refractivity contribution is 4.97. The molecule has 3 nitrogen and oxygen atoms in total. The monoisotopic (exact) mass is 200 g/mol. The van der Waals surface area contributed by atoms with Gasteiger partial charge in [0, 0.05) is 37.8 Å². The maximum Gasteiger partial charge on any atom is 0.0589 e. The molecule has 1 heterocycles. The lowest BCUT2D eigenvalue weighted by molar-refractivity contribution is 0.0193. The van der Waals surface area contributed by atoms with Crippen LogP contribution in [0.3, 0.4) is 0 Å². The molecule has 84 valence electrons. The summed E-state index contributed by atoms with van der Waals surface area (Å²) in [6, 6.07) is 0.